The van der Waals surface area contributed by atoms with Gasteiger partial charge in [-0.25, -0.2) is 0 Å². The SMILES string of the molecule is O=C(CN1Cc2ccccc2OC(c2ccsc2)C1)N1CCN(c2ccncc2)CC1. The smallest absolute Gasteiger partial charge is 0.236 e. The van der Waals surface area contributed by atoms with Crippen molar-refractivity contribution >= 4 is 22.9 Å². The molecule has 0 N–H and O–H groups in total. The van der Waals surface area contributed by atoms with Crippen LogP contribution in [0.2, 0.25) is 0 Å². The number of thiophene rings is 1. The van der Waals surface area contributed by atoms with Crippen LogP contribution in [0, 0.1) is 0 Å². The lowest BCUT2D eigenvalue weighted by Gasteiger charge is -2.37. The molecule has 6 nitrogen and oxygen atoms in total. The lowest BCUT2D eigenvalue weighted by Crippen LogP contribution is -2.51. The number of nitrogens with zero attached hydrogens (tertiary/aromatic N) is 4. The summed E-state index contributed by atoms with van der Waals surface area (Å²) in [6, 6.07) is 14.3. The second-order valence-corrected chi connectivity index (χ2v) is 8.79. The number of para-hydroxylation sites is 1. The Morgan fingerprint density at radius 2 is 1.87 bits per heavy atom. The quantitative estimate of drug-likeness (QED) is 0.630. The van der Waals surface area contributed by atoms with E-state index in [-0.39, 0.29) is 12.0 Å². The molecule has 1 fully saturated rings. The molecule has 1 saturated heterocycles. The summed E-state index contributed by atoms with van der Waals surface area (Å²) in [4.78, 5) is 23.8. The molecular formula is C24H26N4O2S. The molecule has 31 heavy (non-hydrogen) atoms. The van der Waals surface area contributed by atoms with Gasteiger partial charge >= 0.3 is 0 Å². The molecular weight excluding hydrogens is 408 g/mol. The minimum absolute atomic E-state index is 0.0637. The fourth-order valence-corrected chi connectivity index (χ4v) is 4.99. The molecule has 2 aliphatic rings. The summed E-state index contributed by atoms with van der Waals surface area (Å²) in [6.07, 6.45) is 3.57. The zero-order valence-electron chi connectivity index (χ0n) is 17.4. The molecule has 5 rings (SSSR count). The molecule has 1 atom stereocenters. The van der Waals surface area contributed by atoms with E-state index in [4.69, 9.17) is 4.74 Å². The van der Waals surface area contributed by atoms with Crippen molar-refractivity contribution in [3.8, 4) is 5.75 Å². The van der Waals surface area contributed by atoms with Crippen molar-refractivity contribution in [1.29, 1.82) is 0 Å². The normalized spacial score (nSPS) is 19.4. The molecule has 0 spiro atoms. The molecule has 4 heterocycles. The molecule has 0 radical (unpaired) electrons. The highest BCUT2D eigenvalue weighted by molar-refractivity contribution is 7.07. The van der Waals surface area contributed by atoms with E-state index < -0.39 is 0 Å². The van der Waals surface area contributed by atoms with Gasteiger partial charge in [-0.15, -0.1) is 0 Å². The van der Waals surface area contributed by atoms with Gasteiger partial charge in [-0.05, 0) is 35.0 Å². The summed E-state index contributed by atoms with van der Waals surface area (Å²) in [5, 5.41) is 4.21. The van der Waals surface area contributed by atoms with Gasteiger partial charge in [-0.2, -0.15) is 11.3 Å². The lowest BCUT2D eigenvalue weighted by molar-refractivity contribution is -0.133. The summed E-state index contributed by atoms with van der Waals surface area (Å²) < 4.78 is 6.35. The van der Waals surface area contributed by atoms with Crippen LogP contribution in [0.25, 0.3) is 0 Å². The van der Waals surface area contributed by atoms with Gasteiger partial charge in [-0.3, -0.25) is 14.7 Å². The van der Waals surface area contributed by atoms with Gasteiger partial charge in [0.05, 0.1) is 6.54 Å². The highest BCUT2D eigenvalue weighted by Gasteiger charge is 2.28. The number of carbonyl (C=O) groups excluding carboxylic acids is 1. The molecule has 7 heteroatoms. The number of aromatic nitrogens is 1. The Morgan fingerprint density at radius 3 is 2.65 bits per heavy atom. The molecule has 160 valence electrons. The third kappa shape index (κ3) is 4.57. The Morgan fingerprint density at radius 1 is 1.06 bits per heavy atom. The second kappa shape index (κ2) is 9.08. The number of pyridine rings is 1. The fraction of sp³-hybridized carbons (Fsp3) is 0.333. The van der Waals surface area contributed by atoms with Crippen LogP contribution in [0.15, 0.2) is 65.6 Å². The number of carbonyl (C=O) groups is 1. The minimum Gasteiger partial charge on any atom is -0.484 e. The summed E-state index contributed by atoms with van der Waals surface area (Å²) >= 11 is 1.68. The molecule has 0 bridgehead atoms. The van der Waals surface area contributed by atoms with E-state index in [9.17, 15) is 4.79 Å². The van der Waals surface area contributed by atoms with Crippen molar-refractivity contribution in [1.82, 2.24) is 14.8 Å². The first-order valence-corrected chi connectivity index (χ1v) is 11.6. The summed E-state index contributed by atoms with van der Waals surface area (Å²) in [5.41, 5.74) is 3.47. The number of piperazine rings is 1. The van der Waals surface area contributed by atoms with Crippen LogP contribution in [-0.4, -0.2) is 60.0 Å². The van der Waals surface area contributed by atoms with E-state index in [1.807, 2.05) is 47.6 Å². The number of fused-ring (bicyclic) bond motifs is 1. The fourth-order valence-electron chi connectivity index (χ4n) is 4.29. The molecule has 3 aromatic rings. The van der Waals surface area contributed by atoms with Crippen LogP contribution < -0.4 is 9.64 Å². The first-order chi connectivity index (χ1) is 15.3. The van der Waals surface area contributed by atoms with Crippen molar-refractivity contribution in [2.45, 2.75) is 12.6 Å². The zero-order chi connectivity index (χ0) is 21.0. The molecule has 1 amide bonds. The molecule has 1 unspecified atom stereocenters. The number of hydrogen-bond donors (Lipinski definition) is 0. The number of benzene rings is 1. The van der Waals surface area contributed by atoms with E-state index in [0.717, 1.165) is 44.0 Å². The highest BCUT2D eigenvalue weighted by Crippen LogP contribution is 2.31. The molecule has 2 aromatic heterocycles. The predicted octanol–water partition coefficient (Wildman–Crippen LogP) is 3.43. The van der Waals surface area contributed by atoms with Crippen molar-refractivity contribution < 1.29 is 9.53 Å². The van der Waals surface area contributed by atoms with Gasteiger partial charge in [-0.1, -0.05) is 18.2 Å². The molecule has 0 aliphatic carbocycles. The van der Waals surface area contributed by atoms with Crippen LogP contribution in [0.5, 0.6) is 5.75 Å². The Hall–Kier alpha value is -2.90. The van der Waals surface area contributed by atoms with Crippen molar-refractivity contribution in [3.63, 3.8) is 0 Å². The summed E-state index contributed by atoms with van der Waals surface area (Å²) in [7, 11) is 0. The van der Waals surface area contributed by atoms with Crippen LogP contribution in [0.4, 0.5) is 5.69 Å². The first-order valence-electron chi connectivity index (χ1n) is 10.7. The van der Waals surface area contributed by atoms with Gasteiger partial charge in [0.15, 0.2) is 0 Å². The van der Waals surface area contributed by atoms with Gasteiger partial charge in [0, 0.05) is 68.5 Å². The Bertz CT molecular complexity index is 1000. The zero-order valence-corrected chi connectivity index (χ0v) is 18.2. The Labute approximate surface area is 186 Å². The highest BCUT2D eigenvalue weighted by atomic mass is 32.1. The van der Waals surface area contributed by atoms with E-state index in [1.165, 1.54) is 11.3 Å². The monoisotopic (exact) mass is 434 g/mol. The minimum atomic E-state index is -0.0637. The standard InChI is InChI=1S/C24H26N4O2S/c29-24(28-12-10-27(11-13-28)21-5-8-25-9-6-21)17-26-15-19-3-1-2-4-22(19)30-23(16-26)20-7-14-31-18-20/h1-9,14,18,23H,10-13,15-17H2. The van der Waals surface area contributed by atoms with Crippen molar-refractivity contribution in [3.05, 3.63) is 76.7 Å². The maximum Gasteiger partial charge on any atom is 0.236 e. The van der Waals surface area contributed by atoms with Gasteiger partial charge < -0.3 is 14.5 Å². The largest absolute Gasteiger partial charge is 0.484 e. The van der Waals surface area contributed by atoms with Crippen molar-refractivity contribution in [2.75, 3.05) is 44.2 Å². The third-order valence-electron chi connectivity index (χ3n) is 5.99. The average Bonchev–Trinajstić information content (AvgIpc) is 3.29. The molecule has 0 saturated carbocycles. The topological polar surface area (TPSA) is 48.9 Å². The number of rotatable bonds is 4. The average molecular weight is 435 g/mol. The summed E-state index contributed by atoms with van der Waals surface area (Å²) in [6.45, 7) is 5.02. The molecule has 1 aromatic carbocycles. The maximum atomic E-state index is 13.1. The number of amides is 1. The molecule has 2 aliphatic heterocycles. The lowest BCUT2D eigenvalue weighted by atomic mass is 10.2. The number of ether oxygens (including phenoxy) is 1. The van der Waals surface area contributed by atoms with Crippen LogP contribution in [0.3, 0.4) is 0 Å². The van der Waals surface area contributed by atoms with Gasteiger partial charge in [0.2, 0.25) is 5.91 Å². The second-order valence-electron chi connectivity index (χ2n) is 8.01. The van der Waals surface area contributed by atoms with Crippen molar-refractivity contribution in [2.24, 2.45) is 0 Å². The van der Waals surface area contributed by atoms with E-state index in [1.54, 1.807) is 11.3 Å². The Kier molecular flexibility index (Phi) is 5.86. The van der Waals surface area contributed by atoms with Gasteiger partial charge in [0.25, 0.3) is 0 Å². The Balaban J connectivity index is 1.25. The van der Waals surface area contributed by atoms with E-state index in [2.05, 4.69) is 37.7 Å². The van der Waals surface area contributed by atoms with E-state index >= 15 is 0 Å². The van der Waals surface area contributed by atoms with Crippen LogP contribution in [0.1, 0.15) is 17.2 Å². The number of anilines is 1. The van der Waals surface area contributed by atoms with Gasteiger partial charge in [0.1, 0.15) is 11.9 Å². The number of hydrogen-bond acceptors (Lipinski definition) is 6. The summed E-state index contributed by atoms with van der Waals surface area (Å²) in [5.74, 6) is 1.11. The van der Waals surface area contributed by atoms with Crippen LogP contribution in [-0.2, 0) is 11.3 Å². The first kappa shape index (κ1) is 20.0. The van der Waals surface area contributed by atoms with Crippen LogP contribution >= 0.6 is 11.3 Å². The third-order valence-corrected chi connectivity index (χ3v) is 6.70. The maximum absolute atomic E-state index is 13.1. The predicted molar refractivity (Wildman–Crippen MR) is 122 cm³/mol. The van der Waals surface area contributed by atoms with E-state index in [0.29, 0.717) is 13.1 Å².